The van der Waals surface area contributed by atoms with E-state index in [0.29, 0.717) is 22.4 Å². The Kier molecular flexibility index (Phi) is 4.10. The van der Waals surface area contributed by atoms with E-state index in [1.54, 1.807) is 0 Å². The highest BCUT2D eigenvalue weighted by molar-refractivity contribution is 7.71. The van der Waals surface area contributed by atoms with E-state index >= 15 is 0 Å². The molecule has 1 N–H and O–H groups in total. The summed E-state index contributed by atoms with van der Waals surface area (Å²) >= 11 is 5.37. The van der Waals surface area contributed by atoms with Crippen molar-refractivity contribution in [2.24, 2.45) is 0 Å². The zero-order valence-corrected chi connectivity index (χ0v) is 12.4. The summed E-state index contributed by atoms with van der Waals surface area (Å²) in [6, 6.07) is 3.61. The molecule has 0 unspecified atom stereocenters. The third-order valence-corrected chi connectivity index (χ3v) is 4.22. The van der Waals surface area contributed by atoms with E-state index in [1.165, 1.54) is 18.6 Å². The molecule has 1 aromatic heterocycles. The standard InChI is InChI=1S/C16H16F2N2S/c17-11-7-6-10(13(18)9-11)8-15-19-14-5-3-1-2-4-12(14)16(21)20-15/h6-7,9H,1-5,8H2,(H,19,20,21). The van der Waals surface area contributed by atoms with Crippen molar-refractivity contribution in [3.05, 3.63) is 57.1 Å². The summed E-state index contributed by atoms with van der Waals surface area (Å²) in [5, 5.41) is 0. The lowest BCUT2D eigenvalue weighted by atomic mass is 10.1. The largest absolute Gasteiger partial charge is 0.347 e. The van der Waals surface area contributed by atoms with Gasteiger partial charge in [0.25, 0.3) is 0 Å². The van der Waals surface area contributed by atoms with Crippen LogP contribution >= 0.6 is 12.2 Å². The van der Waals surface area contributed by atoms with E-state index in [9.17, 15) is 8.78 Å². The molecule has 3 rings (SSSR count). The van der Waals surface area contributed by atoms with Gasteiger partial charge in [-0.25, -0.2) is 13.8 Å². The number of benzene rings is 1. The summed E-state index contributed by atoms with van der Waals surface area (Å²) in [6.45, 7) is 0. The molecule has 1 aromatic carbocycles. The summed E-state index contributed by atoms with van der Waals surface area (Å²) in [5.74, 6) is -0.476. The Hall–Kier alpha value is -1.62. The van der Waals surface area contributed by atoms with E-state index < -0.39 is 11.6 Å². The van der Waals surface area contributed by atoms with Gasteiger partial charge in [0.05, 0.1) is 0 Å². The topological polar surface area (TPSA) is 28.7 Å². The van der Waals surface area contributed by atoms with Gasteiger partial charge in [-0.15, -0.1) is 0 Å². The first-order valence-electron chi connectivity index (χ1n) is 7.18. The SMILES string of the molecule is Fc1ccc(Cc2nc(=S)c3c([nH]2)CCCCC3)c(F)c1. The maximum atomic E-state index is 13.7. The quantitative estimate of drug-likeness (QED) is 0.663. The summed E-state index contributed by atoms with van der Waals surface area (Å²) in [7, 11) is 0. The number of rotatable bonds is 2. The van der Waals surface area contributed by atoms with Crippen molar-refractivity contribution in [1.82, 2.24) is 9.97 Å². The number of hydrogen-bond acceptors (Lipinski definition) is 2. The molecular weight excluding hydrogens is 290 g/mol. The van der Waals surface area contributed by atoms with Gasteiger partial charge in [0.15, 0.2) is 0 Å². The third-order valence-electron chi connectivity index (χ3n) is 3.88. The molecule has 0 spiro atoms. The molecule has 1 heterocycles. The van der Waals surface area contributed by atoms with Gasteiger partial charge in [-0.3, -0.25) is 0 Å². The molecule has 5 heteroatoms. The van der Waals surface area contributed by atoms with Crippen LogP contribution in [0.2, 0.25) is 0 Å². The number of halogens is 2. The minimum Gasteiger partial charge on any atom is -0.347 e. The van der Waals surface area contributed by atoms with E-state index in [1.807, 2.05) is 0 Å². The van der Waals surface area contributed by atoms with Crippen LogP contribution in [0.15, 0.2) is 18.2 Å². The lowest BCUT2D eigenvalue weighted by Crippen LogP contribution is -2.06. The molecule has 2 aromatic rings. The van der Waals surface area contributed by atoms with Crippen molar-refractivity contribution in [1.29, 1.82) is 0 Å². The summed E-state index contributed by atoms with van der Waals surface area (Å²) in [5.41, 5.74) is 2.68. The van der Waals surface area contributed by atoms with Gasteiger partial charge in [-0.05, 0) is 37.3 Å². The number of nitrogens with one attached hydrogen (secondary N) is 1. The predicted octanol–water partition coefficient (Wildman–Crippen LogP) is 4.28. The first kappa shape index (κ1) is 14.3. The van der Waals surface area contributed by atoms with Crippen molar-refractivity contribution in [3.8, 4) is 0 Å². The molecule has 1 aliphatic rings. The van der Waals surface area contributed by atoms with Crippen LogP contribution in [0, 0.1) is 16.3 Å². The van der Waals surface area contributed by atoms with Gasteiger partial charge in [0, 0.05) is 23.7 Å². The van der Waals surface area contributed by atoms with Gasteiger partial charge in [0.1, 0.15) is 22.1 Å². The fourth-order valence-corrected chi connectivity index (χ4v) is 3.11. The van der Waals surface area contributed by atoms with E-state index in [4.69, 9.17) is 12.2 Å². The molecule has 0 bridgehead atoms. The smallest absolute Gasteiger partial charge is 0.133 e. The average molecular weight is 306 g/mol. The minimum absolute atomic E-state index is 0.295. The lowest BCUT2D eigenvalue weighted by Gasteiger charge is -2.10. The van der Waals surface area contributed by atoms with Gasteiger partial charge in [-0.1, -0.05) is 24.7 Å². The molecule has 0 atom stereocenters. The molecule has 2 nitrogen and oxygen atoms in total. The number of aromatic amines is 1. The van der Waals surface area contributed by atoms with Crippen LogP contribution in [0.1, 0.15) is 41.9 Å². The van der Waals surface area contributed by atoms with Gasteiger partial charge in [0.2, 0.25) is 0 Å². The molecule has 1 aliphatic carbocycles. The Morgan fingerprint density at radius 1 is 1.14 bits per heavy atom. The zero-order valence-electron chi connectivity index (χ0n) is 11.6. The van der Waals surface area contributed by atoms with Crippen molar-refractivity contribution < 1.29 is 8.78 Å². The average Bonchev–Trinajstić information content (AvgIpc) is 2.68. The fraction of sp³-hybridized carbons (Fsp3) is 0.375. The number of fused-ring (bicyclic) bond motifs is 1. The Morgan fingerprint density at radius 2 is 1.95 bits per heavy atom. The summed E-state index contributed by atoms with van der Waals surface area (Å²) in [6.07, 6.45) is 5.68. The maximum Gasteiger partial charge on any atom is 0.133 e. The van der Waals surface area contributed by atoms with Crippen LogP contribution in [0.5, 0.6) is 0 Å². The number of hydrogen-bond donors (Lipinski definition) is 1. The van der Waals surface area contributed by atoms with Crippen LogP contribution in [0.25, 0.3) is 0 Å². The second kappa shape index (κ2) is 6.02. The lowest BCUT2D eigenvalue weighted by molar-refractivity contribution is 0.573. The van der Waals surface area contributed by atoms with Gasteiger partial charge in [-0.2, -0.15) is 0 Å². The van der Waals surface area contributed by atoms with Gasteiger partial charge < -0.3 is 4.98 Å². The summed E-state index contributed by atoms with van der Waals surface area (Å²) in [4.78, 5) is 7.68. The summed E-state index contributed by atoms with van der Waals surface area (Å²) < 4.78 is 27.3. The van der Waals surface area contributed by atoms with Crippen molar-refractivity contribution >= 4 is 12.2 Å². The highest BCUT2D eigenvalue weighted by atomic mass is 32.1. The van der Waals surface area contributed by atoms with Gasteiger partial charge >= 0.3 is 0 Å². The third kappa shape index (κ3) is 3.18. The first-order chi connectivity index (χ1) is 10.1. The second-order valence-corrected chi connectivity index (χ2v) is 5.81. The Bertz CT molecular complexity index is 725. The highest BCUT2D eigenvalue weighted by Gasteiger charge is 2.13. The van der Waals surface area contributed by atoms with Crippen LogP contribution in [0.4, 0.5) is 8.78 Å². The second-order valence-electron chi connectivity index (χ2n) is 5.42. The monoisotopic (exact) mass is 306 g/mol. The van der Waals surface area contributed by atoms with Crippen LogP contribution in [0.3, 0.4) is 0 Å². The van der Waals surface area contributed by atoms with Crippen LogP contribution in [-0.4, -0.2) is 9.97 Å². The molecule has 21 heavy (non-hydrogen) atoms. The number of nitrogens with zero attached hydrogens (tertiary/aromatic N) is 1. The Morgan fingerprint density at radius 3 is 2.76 bits per heavy atom. The first-order valence-corrected chi connectivity index (χ1v) is 7.59. The normalized spacial score (nSPS) is 14.6. The predicted molar refractivity (Wildman–Crippen MR) is 79.8 cm³/mol. The number of aromatic nitrogens is 2. The number of H-pyrrole nitrogens is 1. The van der Waals surface area contributed by atoms with Crippen LogP contribution < -0.4 is 0 Å². The van der Waals surface area contributed by atoms with Crippen LogP contribution in [-0.2, 0) is 19.3 Å². The molecule has 0 saturated carbocycles. The van der Waals surface area contributed by atoms with Crippen molar-refractivity contribution in [2.45, 2.75) is 38.5 Å². The molecule has 0 saturated heterocycles. The maximum absolute atomic E-state index is 13.7. The van der Waals surface area contributed by atoms with E-state index in [2.05, 4.69) is 9.97 Å². The van der Waals surface area contributed by atoms with E-state index in [0.717, 1.165) is 43.0 Å². The molecule has 0 fully saturated rings. The molecular formula is C16H16F2N2S. The number of aryl methyl sites for hydroxylation is 1. The van der Waals surface area contributed by atoms with Crippen molar-refractivity contribution in [3.63, 3.8) is 0 Å². The fourth-order valence-electron chi connectivity index (χ4n) is 2.78. The molecule has 0 amide bonds. The van der Waals surface area contributed by atoms with E-state index in [-0.39, 0.29) is 0 Å². The Labute approximate surface area is 127 Å². The molecule has 0 radical (unpaired) electrons. The molecule has 0 aliphatic heterocycles. The minimum atomic E-state index is -0.570. The molecule has 110 valence electrons. The highest BCUT2D eigenvalue weighted by Crippen LogP contribution is 2.21. The Balaban J connectivity index is 1.94. The zero-order chi connectivity index (χ0) is 14.8. The van der Waals surface area contributed by atoms with Crippen molar-refractivity contribution in [2.75, 3.05) is 0 Å².